The summed E-state index contributed by atoms with van der Waals surface area (Å²) in [6.45, 7) is 0. The van der Waals surface area contributed by atoms with E-state index in [0.29, 0.717) is 5.88 Å². The van der Waals surface area contributed by atoms with E-state index < -0.39 is 0 Å². The topological polar surface area (TPSA) is 0 Å². The predicted molar refractivity (Wildman–Crippen MR) is 43.3 cm³/mol. The van der Waals surface area contributed by atoms with E-state index in [4.69, 9.17) is 15.5 Å². The fourth-order valence-electron chi connectivity index (χ4n) is 0.510. The molecule has 4 heteroatoms. The Balaban J connectivity index is 0. The van der Waals surface area contributed by atoms with Crippen molar-refractivity contribution in [3.05, 3.63) is 35.9 Å². The first-order chi connectivity index (χ1) is 4.93. The van der Waals surface area contributed by atoms with E-state index in [0.717, 1.165) is 5.56 Å². The molecule has 0 spiro atoms. The average Bonchev–Trinajstić information content (AvgIpc) is 2.10. The number of rotatable bonds is 1. The largest absolute Gasteiger partial charge is 2.00 e. The van der Waals surface area contributed by atoms with Crippen LogP contribution in [0, 0.1) is 6.07 Å². The summed E-state index contributed by atoms with van der Waals surface area (Å²) in [7, 11) is 0. The van der Waals surface area contributed by atoms with E-state index in [-0.39, 0.29) is 21.1 Å². The molecule has 0 bridgehead atoms. The van der Waals surface area contributed by atoms with Crippen molar-refractivity contribution < 1.29 is 25.0 Å². The molecule has 0 atom stereocenters. The molecule has 0 nitrogen and oxygen atoms in total. The predicted octanol–water partition coefficient (Wildman–Crippen LogP) is 2.64. The minimum atomic E-state index is 0. The van der Waals surface area contributed by atoms with E-state index in [2.05, 4.69) is 19.1 Å². The molecule has 60 valence electrons. The minimum absolute atomic E-state index is 0. The molecule has 0 N–H and O–H groups in total. The second-order valence-electron chi connectivity index (χ2n) is 1.54. The zero-order chi connectivity index (χ0) is 7.82. The number of hydrogen-bond acceptors (Lipinski definition) is 1. The number of benzene rings is 1. The van der Waals surface area contributed by atoms with Crippen molar-refractivity contribution >= 4 is 24.6 Å². The Morgan fingerprint density at radius 1 is 1.36 bits per heavy atom. The van der Waals surface area contributed by atoms with Gasteiger partial charge in [-0.3, -0.25) is 0 Å². The molecule has 0 heterocycles. The van der Waals surface area contributed by atoms with Gasteiger partial charge in [0.2, 0.25) is 0 Å². The SMILES string of the molecule is ClCc1cc[c-]cc1.F[S-].[W+2]. The van der Waals surface area contributed by atoms with Crippen molar-refractivity contribution in [1.82, 2.24) is 0 Å². The van der Waals surface area contributed by atoms with Gasteiger partial charge in [-0.25, -0.2) is 0 Å². The Kier molecular flexibility index (Phi) is 13.4. The van der Waals surface area contributed by atoms with E-state index in [1.165, 1.54) is 0 Å². The summed E-state index contributed by atoms with van der Waals surface area (Å²) < 4.78 is 9.08. The summed E-state index contributed by atoms with van der Waals surface area (Å²) >= 11 is 8.10. The standard InChI is InChI=1S/C7H6Cl.FS.W/c8-6-7-4-2-1-3-5-7;1-2;/h2-5H,6H2;;/q2*-1;+2. The quantitative estimate of drug-likeness (QED) is 0.422. The first-order valence-electron chi connectivity index (χ1n) is 2.60. The van der Waals surface area contributed by atoms with Crippen LogP contribution in [0.25, 0.3) is 0 Å². The fourth-order valence-corrected chi connectivity index (χ4v) is 0.689. The molecule has 0 aliphatic rings. The van der Waals surface area contributed by atoms with E-state index >= 15 is 0 Å². The summed E-state index contributed by atoms with van der Waals surface area (Å²) in [4.78, 5) is 0. The van der Waals surface area contributed by atoms with Crippen LogP contribution >= 0.6 is 11.6 Å². The Labute approximate surface area is 91.1 Å². The van der Waals surface area contributed by atoms with Gasteiger partial charge < -0.3 is 16.9 Å². The summed E-state index contributed by atoms with van der Waals surface area (Å²) in [5.41, 5.74) is 1.14. The third-order valence-electron chi connectivity index (χ3n) is 0.942. The number of alkyl halides is 1. The molecule has 0 aliphatic carbocycles. The zero-order valence-corrected chi connectivity index (χ0v) is 10.1. The molecular weight excluding hydrogens is 354 g/mol. The fraction of sp³-hybridized carbons (Fsp3) is 0.143. The smallest absolute Gasteiger partial charge is 0.572 e. The van der Waals surface area contributed by atoms with Crippen LogP contribution in [-0.2, 0) is 40.0 Å². The first-order valence-corrected chi connectivity index (χ1v) is 3.44. The summed E-state index contributed by atoms with van der Waals surface area (Å²) in [6.07, 6.45) is 0. The third kappa shape index (κ3) is 6.86. The molecule has 0 aliphatic heterocycles. The second kappa shape index (κ2) is 10.5. The number of halogens is 2. The second-order valence-corrected chi connectivity index (χ2v) is 1.81. The molecule has 11 heavy (non-hydrogen) atoms. The van der Waals surface area contributed by atoms with E-state index in [9.17, 15) is 0 Å². The molecule has 0 saturated heterocycles. The molecule has 1 aromatic carbocycles. The van der Waals surface area contributed by atoms with Crippen LogP contribution in [0.4, 0.5) is 3.89 Å². The molecule has 0 aromatic heterocycles. The van der Waals surface area contributed by atoms with Crippen molar-refractivity contribution in [2.75, 3.05) is 0 Å². The van der Waals surface area contributed by atoms with Crippen LogP contribution in [0.15, 0.2) is 24.3 Å². The van der Waals surface area contributed by atoms with Gasteiger partial charge in [-0.2, -0.15) is 30.3 Å². The monoisotopic (exact) mass is 360 g/mol. The summed E-state index contributed by atoms with van der Waals surface area (Å²) in [5.74, 6) is 0.592. The third-order valence-corrected chi connectivity index (χ3v) is 1.25. The Bertz CT molecular complexity index is 160. The van der Waals surface area contributed by atoms with Gasteiger partial charge >= 0.3 is 21.1 Å². The van der Waals surface area contributed by atoms with Crippen molar-refractivity contribution in [1.29, 1.82) is 0 Å². The Morgan fingerprint density at radius 2 is 1.82 bits per heavy atom. The first kappa shape index (κ1) is 14.0. The summed E-state index contributed by atoms with van der Waals surface area (Å²) in [5, 5.41) is 0. The average molecular weight is 360 g/mol. The molecule has 1 aromatic rings. The maximum Gasteiger partial charge on any atom is 2.00 e. The van der Waals surface area contributed by atoms with Crippen LogP contribution in [0.1, 0.15) is 5.56 Å². The minimum Gasteiger partial charge on any atom is -0.572 e. The van der Waals surface area contributed by atoms with Gasteiger partial charge in [-0.1, -0.05) is 0 Å². The maximum atomic E-state index is 9.08. The van der Waals surface area contributed by atoms with Crippen molar-refractivity contribution in [3.8, 4) is 0 Å². The number of hydrogen-bond donors (Lipinski definition) is 0. The summed E-state index contributed by atoms with van der Waals surface area (Å²) in [6, 6.07) is 10.5. The van der Waals surface area contributed by atoms with Crippen LogP contribution in [0.2, 0.25) is 0 Å². The van der Waals surface area contributed by atoms with Gasteiger partial charge in [0.1, 0.15) is 0 Å². The molecule has 0 radical (unpaired) electrons. The molecule has 0 unspecified atom stereocenters. The molecule has 1 rings (SSSR count). The Morgan fingerprint density at radius 3 is 2.09 bits per heavy atom. The zero-order valence-electron chi connectivity index (χ0n) is 5.59. The molecule has 0 saturated carbocycles. The molecule has 0 fully saturated rings. The van der Waals surface area contributed by atoms with Gasteiger partial charge in [0.05, 0.1) is 0 Å². The van der Waals surface area contributed by atoms with E-state index in [1.54, 1.807) is 0 Å². The van der Waals surface area contributed by atoms with Crippen molar-refractivity contribution in [3.63, 3.8) is 0 Å². The van der Waals surface area contributed by atoms with Crippen molar-refractivity contribution in [2.24, 2.45) is 0 Å². The molecular formula is C7H6ClFSW. The van der Waals surface area contributed by atoms with Crippen LogP contribution in [-0.4, -0.2) is 0 Å². The van der Waals surface area contributed by atoms with Gasteiger partial charge in [0, 0.05) is 5.88 Å². The Hall–Kier alpha value is 0.478. The van der Waals surface area contributed by atoms with Gasteiger partial charge in [-0.15, -0.1) is 17.2 Å². The van der Waals surface area contributed by atoms with Gasteiger partial charge in [0.25, 0.3) is 0 Å². The van der Waals surface area contributed by atoms with Gasteiger partial charge in [-0.05, 0) is 0 Å². The normalized spacial score (nSPS) is 7.18. The van der Waals surface area contributed by atoms with Crippen LogP contribution < -0.4 is 0 Å². The van der Waals surface area contributed by atoms with Gasteiger partial charge in [0.15, 0.2) is 0 Å². The van der Waals surface area contributed by atoms with Crippen LogP contribution in [0.3, 0.4) is 0 Å². The molecule has 0 amide bonds. The van der Waals surface area contributed by atoms with Crippen LogP contribution in [0.5, 0.6) is 0 Å². The van der Waals surface area contributed by atoms with Crippen molar-refractivity contribution in [2.45, 2.75) is 5.88 Å². The van der Waals surface area contributed by atoms with E-state index in [1.807, 2.05) is 24.3 Å². The maximum absolute atomic E-state index is 9.08.